The summed E-state index contributed by atoms with van der Waals surface area (Å²) in [4.78, 5) is 2.52. The Hall–Kier alpha value is -1.56. The van der Waals surface area contributed by atoms with Crippen molar-refractivity contribution >= 4 is 0 Å². The summed E-state index contributed by atoms with van der Waals surface area (Å²) in [5.74, 6) is 0.777. The molecule has 2 aliphatic heterocycles. The Morgan fingerprint density at radius 2 is 2.09 bits per heavy atom. The van der Waals surface area contributed by atoms with Gasteiger partial charge in [0.25, 0.3) is 0 Å². The van der Waals surface area contributed by atoms with Gasteiger partial charge in [-0.25, -0.2) is 0 Å². The van der Waals surface area contributed by atoms with Crippen molar-refractivity contribution in [3.8, 4) is 11.5 Å². The van der Waals surface area contributed by atoms with Crippen molar-refractivity contribution in [3.05, 3.63) is 35.4 Å². The number of hydrogen-bond donors (Lipinski definition) is 2. The van der Waals surface area contributed by atoms with Gasteiger partial charge in [0, 0.05) is 30.0 Å². The average Bonchev–Trinajstić information content (AvgIpc) is 3.07. The van der Waals surface area contributed by atoms with Gasteiger partial charge < -0.3 is 24.6 Å². The number of hydrogen-bond acceptors (Lipinski definition) is 5. The second kappa shape index (κ2) is 6.11. The van der Waals surface area contributed by atoms with E-state index in [0.29, 0.717) is 11.8 Å². The van der Waals surface area contributed by atoms with E-state index in [4.69, 9.17) is 9.47 Å². The molecule has 4 bridgehead atoms. The highest BCUT2D eigenvalue weighted by molar-refractivity contribution is 5.67. The summed E-state index contributed by atoms with van der Waals surface area (Å²) >= 11 is 0. The second-order valence-corrected chi connectivity index (χ2v) is 11.5. The third kappa shape index (κ3) is 1.93. The van der Waals surface area contributed by atoms with Crippen LogP contribution in [0.1, 0.15) is 64.0 Å². The van der Waals surface area contributed by atoms with Crippen LogP contribution in [0.4, 0.5) is 0 Å². The number of methoxy groups -OCH3 is 1. The fourth-order valence-corrected chi connectivity index (χ4v) is 9.09. The number of benzene rings is 1. The molecule has 0 unspecified atom stereocenters. The van der Waals surface area contributed by atoms with Crippen LogP contribution >= 0.6 is 0 Å². The zero-order chi connectivity index (χ0) is 22.7. The molecule has 7 rings (SSSR count). The van der Waals surface area contributed by atoms with Crippen LogP contribution < -0.4 is 4.74 Å². The number of rotatable bonds is 5. The topological polar surface area (TPSA) is 62.2 Å². The summed E-state index contributed by atoms with van der Waals surface area (Å²) in [5.41, 5.74) is -0.290. The maximum absolute atomic E-state index is 11.9. The largest absolute Gasteiger partial charge is 0.504 e. The van der Waals surface area contributed by atoms with Crippen LogP contribution in [-0.2, 0) is 16.6 Å². The van der Waals surface area contributed by atoms with Gasteiger partial charge in [-0.15, -0.1) is 0 Å². The highest BCUT2D eigenvalue weighted by Crippen LogP contribution is 2.79. The van der Waals surface area contributed by atoms with Crippen LogP contribution in [0.15, 0.2) is 24.3 Å². The predicted molar refractivity (Wildman–Crippen MR) is 123 cm³/mol. The smallest absolute Gasteiger partial charge is 0.166 e. The number of phenols is 1. The van der Waals surface area contributed by atoms with Gasteiger partial charge in [-0.3, -0.25) is 0 Å². The van der Waals surface area contributed by atoms with E-state index in [1.165, 1.54) is 11.1 Å². The number of aliphatic hydroxyl groups is 1. The monoisotopic (exact) mass is 439 g/mol. The molecule has 4 aliphatic carbocycles. The molecular weight excluding hydrogens is 402 g/mol. The van der Waals surface area contributed by atoms with Gasteiger partial charge in [0.2, 0.25) is 0 Å². The molecule has 2 N–H and O–H groups in total. The van der Waals surface area contributed by atoms with Crippen molar-refractivity contribution in [2.24, 2.45) is 11.3 Å². The first-order valence-corrected chi connectivity index (χ1v) is 12.4. The lowest BCUT2D eigenvalue weighted by Crippen LogP contribution is -2.85. The maximum Gasteiger partial charge on any atom is 0.166 e. The predicted octanol–water partition coefficient (Wildman–Crippen LogP) is 3.94. The first-order valence-electron chi connectivity index (χ1n) is 12.4. The zero-order valence-corrected chi connectivity index (χ0v) is 20.1. The van der Waals surface area contributed by atoms with Crippen molar-refractivity contribution in [1.82, 2.24) is 4.90 Å². The summed E-state index contributed by atoms with van der Waals surface area (Å²) in [6, 6.07) is 4.23. The number of fused-ring (bicyclic) bond motifs is 1. The zero-order valence-electron chi connectivity index (χ0n) is 20.1. The fraction of sp³-hybridized carbons (Fsp3) is 0.704. The molecule has 5 heteroatoms. The number of likely N-dealkylation sites (tertiary alicyclic amines) is 1. The van der Waals surface area contributed by atoms with Gasteiger partial charge in [0.05, 0.1) is 11.0 Å². The molecule has 0 radical (unpaired) electrons. The van der Waals surface area contributed by atoms with E-state index in [-0.39, 0.29) is 22.5 Å². The fourth-order valence-electron chi connectivity index (χ4n) is 9.09. The molecule has 5 nitrogen and oxygen atoms in total. The number of phenolic OH excluding ortho intramolecular Hbond substituents is 1. The van der Waals surface area contributed by atoms with E-state index in [1.54, 1.807) is 13.2 Å². The molecule has 32 heavy (non-hydrogen) atoms. The minimum atomic E-state index is -0.873. The number of likely N-dealkylation sites (N-methyl/N-ethyl adjacent to an activating group) is 1. The number of nitrogens with zero attached hydrogens (tertiary/aromatic N) is 1. The minimum Gasteiger partial charge on any atom is -0.504 e. The Bertz CT molecular complexity index is 1020. The highest BCUT2D eigenvalue weighted by Gasteiger charge is 2.85. The van der Waals surface area contributed by atoms with Crippen LogP contribution in [0.5, 0.6) is 11.5 Å². The number of unbranched alkanes of at least 4 members (excludes halogenated alkanes) is 1. The van der Waals surface area contributed by atoms with Crippen molar-refractivity contribution in [1.29, 1.82) is 0 Å². The molecule has 2 spiro atoms. The van der Waals surface area contributed by atoms with E-state index in [2.05, 4.69) is 44.0 Å². The Balaban J connectivity index is 1.66. The lowest BCUT2D eigenvalue weighted by molar-refractivity contribution is -0.286. The Labute approximate surface area is 191 Å². The molecule has 6 aliphatic rings. The van der Waals surface area contributed by atoms with Gasteiger partial charge in [0.15, 0.2) is 11.5 Å². The Morgan fingerprint density at radius 3 is 2.81 bits per heavy atom. The van der Waals surface area contributed by atoms with E-state index in [9.17, 15) is 10.2 Å². The normalized spacial score (nSPS) is 44.8. The molecule has 0 aromatic heterocycles. The van der Waals surface area contributed by atoms with Gasteiger partial charge in [-0.05, 0) is 64.8 Å². The van der Waals surface area contributed by atoms with Crippen LogP contribution in [0, 0.1) is 11.3 Å². The Morgan fingerprint density at radius 1 is 1.31 bits per heavy atom. The molecule has 0 amide bonds. The lowest BCUT2D eigenvalue weighted by atomic mass is 9.32. The van der Waals surface area contributed by atoms with Gasteiger partial charge in [-0.2, -0.15) is 0 Å². The van der Waals surface area contributed by atoms with Crippen molar-refractivity contribution in [3.63, 3.8) is 0 Å². The van der Waals surface area contributed by atoms with E-state index < -0.39 is 16.8 Å². The second-order valence-electron chi connectivity index (χ2n) is 11.5. The average molecular weight is 440 g/mol. The molecule has 7 atom stereocenters. The minimum absolute atomic E-state index is 0.0957. The van der Waals surface area contributed by atoms with Crippen molar-refractivity contribution in [2.45, 2.75) is 87.6 Å². The van der Waals surface area contributed by atoms with Gasteiger partial charge in [0.1, 0.15) is 11.2 Å². The molecule has 174 valence electrons. The summed E-state index contributed by atoms with van der Waals surface area (Å²) in [6.45, 7) is 7.37. The molecule has 2 fully saturated rings. The maximum atomic E-state index is 11.9. The lowest BCUT2D eigenvalue weighted by Gasteiger charge is -2.75. The van der Waals surface area contributed by atoms with Crippen LogP contribution in [-0.4, -0.2) is 58.7 Å². The van der Waals surface area contributed by atoms with Gasteiger partial charge >= 0.3 is 0 Å². The first kappa shape index (κ1) is 21.0. The standard InChI is InChI=1S/C27H37NO4/c1-6-7-10-23(2,30)19-16-25-11-12-27(19,31-5)24(3)26(25)13-14-28(4)20(25)15-17-8-9-18(29)22(32-24)21(17)26/h8-9,11-12,19-20,29-30H,6-7,10,13-16H2,1-5H3/t19-,20+,23+,24-,25+,26-,27+/m0/s1. The van der Waals surface area contributed by atoms with E-state index >= 15 is 0 Å². The number of ether oxygens (including phenoxy) is 2. The third-order valence-electron chi connectivity index (χ3n) is 10.5. The third-order valence-corrected chi connectivity index (χ3v) is 10.5. The summed E-state index contributed by atoms with van der Waals surface area (Å²) in [7, 11) is 4.02. The molecule has 1 saturated carbocycles. The van der Waals surface area contributed by atoms with Crippen molar-refractivity contribution in [2.75, 3.05) is 20.7 Å². The molecule has 1 saturated heterocycles. The Kier molecular flexibility index (Phi) is 4.01. The van der Waals surface area contributed by atoms with Crippen molar-refractivity contribution < 1.29 is 19.7 Å². The molecule has 1 aromatic rings. The number of aromatic hydroxyl groups is 1. The summed E-state index contributed by atoms with van der Waals surface area (Å²) in [6.07, 6.45) is 10.2. The molecule has 1 aromatic carbocycles. The van der Waals surface area contributed by atoms with Crippen LogP contribution in [0.2, 0.25) is 0 Å². The molecule has 2 heterocycles. The van der Waals surface area contributed by atoms with Gasteiger partial charge in [-0.1, -0.05) is 38.0 Å². The quantitative estimate of drug-likeness (QED) is 0.681. The highest BCUT2D eigenvalue weighted by atomic mass is 16.6. The SMILES string of the molecule is CCCC[C@@](C)(O)[C@@H]1C[C@@]23C=C[C@]1(OC)[C@@]1(C)Oc4c(O)ccc5c4[C@@]12CCN(C)[C@@H]3C5. The summed E-state index contributed by atoms with van der Waals surface area (Å²) < 4.78 is 13.4. The van der Waals surface area contributed by atoms with E-state index in [0.717, 1.165) is 45.1 Å². The van der Waals surface area contributed by atoms with E-state index in [1.807, 2.05) is 6.92 Å². The van der Waals surface area contributed by atoms with Crippen LogP contribution in [0.3, 0.4) is 0 Å². The number of piperidine rings is 1. The first-order chi connectivity index (χ1) is 15.1. The van der Waals surface area contributed by atoms with Crippen LogP contribution in [0.25, 0.3) is 0 Å². The molecular formula is C27H37NO4. The summed E-state index contributed by atoms with van der Waals surface area (Å²) in [5, 5.41) is 22.8.